The summed E-state index contributed by atoms with van der Waals surface area (Å²) < 4.78 is 0. The van der Waals surface area contributed by atoms with Gasteiger partial charge in [-0.3, -0.25) is 4.90 Å². The Morgan fingerprint density at radius 1 is 1.64 bits per heavy atom. The van der Waals surface area contributed by atoms with Gasteiger partial charge in [0.2, 0.25) is 0 Å². The van der Waals surface area contributed by atoms with Crippen LogP contribution in [-0.4, -0.2) is 37.6 Å². The minimum Gasteiger partial charge on any atom is -0.315 e. The van der Waals surface area contributed by atoms with Crippen molar-refractivity contribution in [2.24, 2.45) is 0 Å². The maximum Gasteiger partial charge on any atom is 0.0601 e. The second-order valence-corrected chi connectivity index (χ2v) is 2.99. The summed E-state index contributed by atoms with van der Waals surface area (Å²) in [4.78, 5) is 2.32. The SMILES string of the molecule is CC#CCN(C)C1CCNC1. The Bertz CT molecular complexity index is 160. The van der Waals surface area contributed by atoms with Gasteiger partial charge in [0, 0.05) is 12.6 Å². The van der Waals surface area contributed by atoms with E-state index in [1.807, 2.05) is 6.92 Å². The third kappa shape index (κ3) is 2.53. The highest BCUT2D eigenvalue weighted by Gasteiger charge is 2.17. The zero-order valence-corrected chi connectivity index (χ0v) is 7.35. The molecular formula is C9H16N2. The summed E-state index contributed by atoms with van der Waals surface area (Å²) in [6, 6.07) is 0.704. The monoisotopic (exact) mass is 152 g/mol. The van der Waals surface area contributed by atoms with Crippen LogP contribution in [0.3, 0.4) is 0 Å². The minimum atomic E-state index is 0.704. The van der Waals surface area contributed by atoms with E-state index in [9.17, 15) is 0 Å². The minimum absolute atomic E-state index is 0.704. The number of nitrogens with one attached hydrogen (secondary N) is 1. The van der Waals surface area contributed by atoms with Gasteiger partial charge in [-0.05, 0) is 26.9 Å². The van der Waals surface area contributed by atoms with Gasteiger partial charge >= 0.3 is 0 Å². The van der Waals surface area contributed by atoms with E-state index < -0.39 is 0 Å². The molecule has 11 heavy (non-hydrogen) atoms. The van der Waals surface area contributed by atoms with Gasteiger partial charge < -0.3 is 5.32 Å². The lowest BCUT2D eigenvalue weighted by Crippen LogP contribution is -2.33. The lowest BCUT2D eigenvalue weighted by atomic mass is 10.2. The molecule has 0 aliphatic carbocycles. The average molecular weight is 152 g/mol. The maximum atomic E-state index is 3.34. The van der Waals surface area contributed by atoms with Crippen LogP contribution in [-0.2, 0) is 0 Å². The molecule has 0 bridgehead atoms. The van der Waals surface area contributed by atoms with Crippen LogP contribution in [0.1, 0.15) is 13.3 Å². The van der Waals surface area contributed by atoms with Crippen LogP contribution in [0.25, 0.3) is 0 Å². The topological polar surface area (TPSA) is 15.3 Å². The van der Waals surface area contributed by atoms with Gasteiger partial charge in [0.1, 0.15) is 0 Å². The third-order valence-corrected chi connectivity index (χ3v) is 2.16. The molecule has 0 aromatic rings. The van der Waals surface area contributed by atoms with Crippen molar-refractivity contribution in [2.45, 2.75) is 19.4 Å². The largest absolute Gasteiger partial charge is 0.315 e. The first-order chi connectivity index (χ1) is 5.34. The second-order valence-electron chi connectivity index (χ2n) is 2.99. The standard InChI is InChI=1S/C9H16N2/c1-3-4-7-11(2)9-5-6-10-8-9/h9-10H,5-8H2,1-2H3. The fourth-order valence-electron chi connectivity index (χ4n) is 1.35. The molecule has 1 unspecified atom stereocenters. The average Bonchev–Trinajstić information content (AvgIpc) is 2.52. The van der Waals surface area contributed by atoms with Crippen molar-refractivity contribution in [1.29, 1.82) is 0 Å². The van der Waals surface area contributed by atoms with Gasteiger partial charge in [0.05, 0.1) is 6.54 Å². The molecule has 1 aliphatic heterocycles. The molecule has 1 aliphatic rings. The predicted octanol–water partition coefficient (Wildman–Crippen LogP) is 0.303. The zero-order valence-electron chi connectivity index (χ0n) is 7.35. The van der Waals surface area contributed by atoms with Crippen LogP contribution in [0.5, 0.6) is 0 Å². The highest BCUT2D eigenvalue weighted by Crippen LogP contribution is 2.04. The summed E-state index contributed by atoms with van der Waals surface area (Å²) in [5.74, 6) is 5.98. The molecule has 62 valence electrons. The van der Waals surface area contributed by atoms with E-state index >= 15 is 0 Å². The van der Waals surface area contributed by atoms with Crippen molar-refractivity contribution < 1.29 is 0 Å². The number of rotatable bonds is 2. The van der Waals surface area contributed by atoms with Crippen LogP contribution >= 0.6 is 0 Å². The van der Waals surface area contributed by atoms with Crippen molar-refractivity contribution in [1.82, 2.24) is 10.2 Å². The maximum absolute atomic E-state index is 3.34. The van der Waals surface area contributed by atoms with E-state index in [1.54, 1.807) is 0 Å². The van der Waals surface area contributed by atoms with Gasteiger partial charge in [-0.25, -0.2) is 0 Å². The first-order valence-corrected chi connectivity index (χ1v) is 4.15. The quantitative estimate of drug-likeness (QED) is 0.573. The summed E-state index contributed by atoms with van der Waals surface area (Å²) >= 11 is 0. The van der Waals surface area contributed by atoms with Gasteiger partial charge in [-0.2, -0.15) is 0 Å². The summed E-state index contributed by atoms with van der Waals surface area (Å²) in [7, 11) is 2.14. The van der Waals surface area contributed by atoms with E-state index in [0.717, 1.165) is 19.6 Å². The second kappa shape index (κ2) is 4.38. The van der Waals surface area contributed by atoms with Crippen LogP contribution in [0.2, 0.25) is 0 Å². The first kappa shape index (κ1) is 8.58. The Balaban J connectivity index is 2.26. The van der Waals surface area contributed by atoms with Crippen molar-refractivity contribution in [3.63, 3.8) is 0 Å². The Hall–Kier alpha value is -0.520. The van der Waals surface area contributed by atoms with Crippen LogP contribution in [0.15, 0.2) is 0 Å². The number of likely N-dealkylation sites (N-methyl/N-ethyl adjacent to an activating group) is 1. The van der Waals surface area contributed by atoms with Gasteiger partial charge in [-0.15, -0.1) is 5.92 Å². The molecule has 1 N–H and O–H groups in total. The van der Waals surface area contributed by atoms with Crippen molar-refractivity contribution >= 4 is 0 Å². The van der Waals surface area contributed by atoms with Gasteiger partial charge in [0.15, 0.2) is 0 Å². The summed E-state index contributed by atoms with van der Waals surface area (Å²) in [6.07, 6.45) is 1.27. The Morgan fingerprint density at radius 3 is 3.00 bits per heavy atom. The van der Waals surface area contributed by atoms with Crippen LogP contribution in [0, 0.1) is 11.8 Å². The van der Waals surface area contributed by atoms with E-state index in [-0.39, 0.29) is 0 Å². The van der Waals surface area contributed by atoms with E-state index in [2.05, 4.69) is 29.1 Å². The molecule has 0 aromatic heterocycles. The lowest BCUT2D eigenvalue weighted by molar-refractivity contribution is 0.288. The predicted molar refractivity (Wildman–Crippen MR) is 47.4 cm³/mol. The third-order valence-electron chi connectivity index (χ3n) is 2.16. The fraction of sp³-hybridized carbons (Fsp3) is 0.778. The van der Waals surface area contributed by atoms with E-state index in [0.29, 0.717) is 6.04 Å². The van der Waals surface area contributed by atoms with Crippen molar-refractivity contribution in [3.05, 3.63) is 0 Å². The molecule has 1 heterocycles. The Morgan fingerprint density at radius 2 is 2.45 bits per heavy atom. The Labute approximate surface area is 69.0 Å². The molecular weight excluding hydrogens is 136 g/mol. The fourth-order valence-corrected chi connectivity index (χ4v) is 1.35. The van der Waals surface area contributed by atoms with E-state index in [4.69, 9.17) is 0 Å². The molecule has 0 radical (unpaired) electrons. The molecule has 1 saturated heterocycles. The first-order valence-electron chi connectivity index (χ1n) is 4.15. The summed E-state index contributed by atoms with van der Waals surface area (Å²) in [5.41, 5.74) is 0. The molecule has 1 rings (SSSR count). The molecule has 1 atom stereocenters. The smallest absolute Gasteiger partial charge is 0.0601 e. The summed E-state index contributed by atoms with van der Waals surface area (Å²) in [5, 5.41) is 3.34. The van der Waals surface area contributed by atoms with Crippen LogP contribution in [0.4, 0.5) is 0 Å². The van der Waals surface area contributed by atoms with Crippen molar-refractivity contribution in [2.75, 3.05) is 26.7 Å². The molecule has 0 spiro atoms. The van der Waals surface area contributed by atoms with Gasteiger partial charge in [0.25, 0.3) is 0 Å². The molecule has 1 fully saturated rings. The molecule has 2 heteroatoms. The highest BCUT2D eigenvalue weighted by atomic mass is 15.2. The normalized spacial score (nSPS) is 23.4. The number of nitrogens with zero attached hydrogens (tertiary/aromatic N) is 1. The summed E-state index contributed by atoms with van der Waals surface area (Å²) in [6.45, 7) is 5.08. The number of hydrogen-bond acceptors (Lipinski definition) is 2. The van der Waals surface area contributed by atoms with Crippen LogP contribution < -0.4 is 5.32 Å². The van der Waals surface area contributed by atoms with Gasteiger partial charge in [-0.1, -0.05) is 5.92 Å². The molecule has 0 saturated carbocycles. The van der Waals surface area contributed by atoms with E-state index in [1.165, 1.54) is 6.42 Å². The molecule has 0 amide bonds. The molecule has 2 nitrogen and oxygen atoms in total. The zero-order chi connectivity index (χ0) is 8.10. The lowest BCUT2D eigenvalue weighted by Gasteiger charge is -2.20. The molecule has 0 aromatic carbocycles. The van der Waals surface area contributed by atoms with Crippen molar-refractivity contribution in [3.8, 4) is 11.8 Å². The Kier molecular flexibility index (Phi) is 3.41. The number of hydrogen-bond donors (Lipinski definition) is 1. The highest BCUT2D eigenvalue weighted by molar-refractivity contribution is 4.98.